The fraction of sp³-hybridized carbons (Fsp3) is 0.250. The number of rotatable bonds is 10. The Balaban J connectivity index is 1.36. The molecule has 0 aromatic heterocycles. The number of benzene rings is 3. The van der Waals surface area contributed by atoms with E-state index < -0.39 is 34.1 Å². The SMILES string of the molecule is Cc1ccc(S(=O)(=O)N(CCCC(NC(=O)OCC2c3ccccc3-c3ccccc32)C(=O)O)C(=N)N)cc1. The Bertz CT molecular complexity index is 1440. The maximum Gasteiger partial charge on any atom is 0.407 e. The molecule has 0 bridgehead atoms. The van der Waals surface area contributed by atoms with E-state index in [1.807, 2.05) is 55.5 Å². The van der Waals surface area contributed by atoms with E-state index in [1.165, 1.54) is 12.1 Å². The number of carboxylic acid groups (broad SMARTS) is 1. The number of hydrogen-bond donors (Lipinski definition) is 4. The molecule has 5 N–H and O–H groups in total. The summed E-state index contributed by atoms with van der Waals surface area (Å²) in [4.78, 5) is 24.3. The number of hydrogen-bond acceptors (Lipinski definition) is 6. The van der Waals surface area contributed by atoms with Crippen LogP contribution in [0.5, 0.6) is 0 Å². The number of fused-ring (bicyclic) bond motifs is 3. The Kier molecular flexibility index (Phi) is 8.20. The van der Waals surface area contributed by atoms with Gasteiger partial charge in [-0.15, -0.1) is 0 Å². The Labute approximate surface area is 227 Å². The van der Waals surface area contributed by atoms with Crippen molar-refractivity contribution < 1.29 is 27.9 Å². The summed E-state index contributed by atoms with van der Waals surface area (Å²) in [5, 5.41) is 19.7. The Morgan fingerprint density at radius 1 is 1.03 bits per heavy atom. The largest absolute Gasteiger partial charge is 0.480 e. The lowest BCUT2D eigenvalue weighted by Crippen LogP contribution is -2.44. The maximum atomic E-state index is 13.0. The van der Waals surface area contributed by atoms with E-state index in [0.717, 1.165) is 27.8 Å². The summed E-state index contributed by atoms with van der Waals surface area (Å²) in [6.45, 7) is 1.61. The third-order valence-electron chi connectivity index (χ3n) is 6.67. The molecule has 10 nitrogen and oxygen atoms in total. The van der Waals surface area contributed by atoms with Crippen molar-refractivity contribution in [2.45, 2.75) is 36.6 Å². The van der Waals surface area contributed by atoms with Gasteiger partial charge in [-0.1, -0.05) is 66.2 Å². The lowest BCUT2D eigenvalue weighted by Gasteiger charge is -2.23. The summed E-state index contributed by atoms with van der Waals surface area (Å²) in [6, 6.07) is 20.5. The van der Waals surface area contributed by atoms with Crippen molar-refractivity contribution in [2.75, 3.05) is 13.2 Å². The molecule has 39 heavy (non-hydrogen) atoms. The molecule has 204 valence electrons. The van der Waals surface area contributed by atoms with Crippen LogP contribution in [0.2, 0.25) is 0 Å². The van der Waals surface area contributed by atoms with Gasteiger partial charge in [-0.05, 0) is 54.2 Å². The highest BCUT2D eigenvalue weighted by Crippen LogP contribution is 2.44. The first kappa shape index (κ1) is 27.6. The number of carbonyl (C=O) groups excluding carboxylic acids is 1. The number of aliphatic carboxylic acids is 1. The highest BCUT2D eigenvalue weighted by molar-refractivity contribution is 7.89. The van der Waals surface area contributed by atoms with Gasteiger partial charge in [0.2, 0.25) is 5.96 Å². The van der Waals surface area contributed by atoms with Gasteiger partial charge in [0.25, 0.3) is 10.0 Å². The molecule has 0 saturated heterocycles. The number of nitrogens with two attached hydrogens (primary N) is 1. The third kappa shape index (κ3) is 6.04. The first-order chi connectivity index (χ1) is 18.6. The molecule has 3 aromatic rings. The fourth-order valence-corrected chi connectivity index (χ4v) is 6.05. The second-order valence-corrected chi connectivity index (χ2v) is 11.1. The summed E-state index contributed by atoms with van der Waals surface area (Å²) < 4.78 is 32.1. The lowest BCUT2D eigenvalue weighted by molar-refractivity contribution is -0.139. The normalized spacial score (nSPS) is 13.2. The number of nitrogens with zero attached hydrogens (tertiary/aromatic N) is 1. The summed E-state index contributed by atoms with van der Waals surface area (Å²) in [5.74, 6) is -2.16. The molecule has 3 aromatic carbocycles. The zero-order chi connectivity index (χ0) is 28.2. The number of ether oxygens (including phenoxy) is 1. The number of sulfonamides is 1. The number of amides is 1. The Morgan fingerprint density at radius 3 is 2.13 bits per heavy atom. The second kappa shape index (κ2) is 11.6. The van der Waals surface area contributed by atoms with Gasteiger partial charge in [0.15, 0.2) is 0 Å². The summed E-state index contributed by atoms with van der Waals surface area (Å²) in [7, 11) is -4.10. The summed E-state index contributed by atoms with van der Waals surface area (Å²) >= 11 is 0. The van der Waals surface area contributed by atoms with E-state index in [9.17, 15) is 23.1 Å². The predicted molar refractivity (Wildman–Crippen MR) is 146 cm³/mol. The quantitative estimate of drug-likeness (QED) is 0.221. The van der Waals surface area contributed by atoms with Crippen LogP contribution >= 0.6 is 0 Å². The van der Waals surface area contributed by atoms with E-state index in [-0.39, 0.29) is 36.8 Å². The zero-order valence-corrected chi connectivity index (χ0v) is 22.1. The number of aryl methyl sites for hydroxylation is 1. The van der Waals surface area contributed by atoms with Crippen molar-refractivity contribution in [1.29, 1.82) is 5.41 Å². The first-order valence-corrected chi connectivity index (χ1v) is 13.8. The minimum atomic E-state index is -4.10. The summed E-state index contributed by atoms with van der Waals surface area (Å²) in [6.07, 6.45) is -0.974. The third-order valence-corrected chi connectivity index (χ3v) is 8.49. The van der Waals surface area contributed by atoms with Crippen LogP contribution in [0.25, 0.3) is 11.1 Å². The molecular weight excluding hydrogens is 520 g/mol. The van der Waals surface area contributed by atoms with Crippen LogP contribution in [0.3, 0.4) is 0 Å². The number of nitrogens with one attached hydrogen (secondary N) is 2. The number of alkyl carbamates (subject to hydrolysis) is 1. The van der Waals surface area contributed by atoms with Gasteiger partial charge < -0.3 is 20.9 Å². The van der Waals surface area contributed by atoms with Gasteiger partial charge in [0.05, 0.1) is 4.90 Å². The molecule has 1 aliphatic rings. The molecule has 1 aliphatic carbocycles. The van der Waals surface area contributed by atoms with E-state index in [2.05, 4.69) is 5.32 Å². The van der Waals surface area contributed by atoms with Crippen molar-refractivity contribution >= 4 is 28.0 Å². The van der Waals surface area contributed by atoms with Crippen molar-refractivity contribution in [1.82, 2.24) is 9.62 Å². The van der Waals surface area contributed by atoms with Crippen LogP contribution in [0.15, 0.2) is 77.7 Å². The molecule has 0 saturated carbocycles. The molecular formula is C28H30N4O6S. The summed E-state index contributed by atoms with van der Waals surface area (Å²) in [5.41, 5.74) is 10.6. The lowest BCUT2D eigenvalue weighted by atomic mass is 9.98. The van der Waals surface area contributed by atoms with Gasteiger partial charge in [0, 0.05) is 12.5 Å². The fourth-order valence-electron chi connectivity index (χ4n) is 4.69. The van der Waals surface area contributed by atoms with Crippen LogP contribution in [-0.2, 0) is 19.6 Å². The van der Waals surface area contributed by atoms with E-state index in [1.54, 1.807) is 12.1 Å². The minimum absolute atomic E-state index is 0.0191. The highest BCUT2D eigenvalue weighted by atomic mass is 32.2. The zero-order valence-electron chi connectivity index (χ0n) is 21.3. The number of carboxylic acids is 1. The number of carbonyl (C=O) groups is 2. The van der Waals surface area contributed by atoms with Crippen molar-refractivity contribution in [2.24, 2.45) is 5.73 Å². The average molecular weight is 551 g/mol. The van der Waals surface area contributed by atoms with Crippen LogP contribution < -0.4 is 11.1 Å². The van der Waals surface area contributed by atoms with Crippen molar-refractivity contribution in [3.63, 3.8) is 0 Å². The van der Waals surface area contributed by atoms with Gasteiger partial charge in [-0.25, -0.2) is 22.3 Å². The van der Waals surface area contributed by atoms with Gasteiger partial charge >= 0.3 is 12.1 Å². The Hall–Kier alpha value is -4.38. The topological polar surface area (TPSA) is 163 Å². The van der Waals surface area contributed by atoms with E-state index in [0.29, 0.717) is 4.31 Å². The second-order valence-electron chi connectivity index (χ2n) is 9.28. The molecule has 1 amide bonds. The molecule has 0 aliphatic heterocycles. The highest BCUT2D eigenvalue weighted by Gasteiger charge is 2.30. The molecule has 0 radical (unpaired) electrons. The molecule has 0 spiro atoms. The van der Waals surface area contributed by atoms with E-state index >= 15 is 0 Å². The van der Waals surface area contributed by atoms with Gasteiger partial charge in [-0.2, -0.15) is 0 Å². The van der Waals surface area contributed by atoms with Crippen molar-refractivity contribution in [3.8, 4) is 11.1 Å². The predicted octanol–water partition coefficient (Wildman–Crippen LogP) is 3.65. The average Bonchev–Trinajstić information content (AvgIpc) is 3.22. The molecule has 0 heterocycles. The van der Waals surface area contributed by atoms with Gasteiger partial charge in [-0.3, -0.25) is 5.41 Å². The Morgan fingerprint density at radius 2 is 1.59 bits per heavy atom. The standard InChI is InChI=1S/C28H30N4O6S/c1-18-12-14-19(15-13-18)39(36,37)32(27(29)30)16-6-11-25(26(33)34)31-28(35)38-17-24-22-9-4-2-7-20(22)21-8-3-5-10-23(21)24/h2-5,7-10,12-15,24-25H,6,11,16-17H2,1H3,(H3,29,30)(H,31,35)(H,33,34). The molecule has 1 unspecified atom stereocenters. The minimum Gasteiger partial charge on any atom is -0.480 e. The van der Waals surface area contributed by atoms with Crippen LogP contribution in [-0.4, -0.2) is 55.0 Å². The first-order valence-electron chi connectivity index (χ1n) is 12.4. The van der Waals surface area contributed by atoms with Gasteiger partial charge in [0.1, 0.15) is 12.6 Å². The molecule has 0 fully saturated rings. The number of guanidine groups is 1. The smallest absolute Gasteiger partial charge is 0.407 e. The van der Waals surface area contributed by atoms with Crippen LogP contribution in [0, 0.1) is 12.3 Å². The molecule has 4 rings (SSSR count). The monoisotopic (exact) mass is 550 g/mol. The maximum absolute atomic E-state index is 13.0. The molecule has 11 heteroatoms. The van der Waals surface area contributed by atoms with Crippen molar-refractivity contribution in [3.05, 3.63) is 89.5 Å². The molecule has 1 atom stereocenters. The van der Waals surface area contributed by atoms with E-state index in [4.69, 9.17) is 15.9 Å². The van der Waals surface area contributed by atoms with Crippen LogP contribution in [0.4, 0.5) is 4.79 Å². The van der Waals surface area contributed by atoms with Crippen LogP contribution in [0.1, 0.15) is 35.4 Å².